The highest BCUT2D eigenvalue weighted by molar-refractivity contribution is 5.23. The van der Waals surface area contributed by atoms with E-state index < -0.39 is 0 Å². The molecule has 0 aromatic rings. The van der Waals surface area contributed by atoms with E-state index in [1.165, 1.54) is 13.0 Å². The number of nitrogens with two attached hydrogens (primary N) is 1. The van der Waals surface area contributed by atoms with Crippen molar-refractivity contribution in [3.05, 3.63) is 35.8 Å². The number of aliphatic hydroxyl groups is 2. The van der Waals surface area contributed by atoms with Crippen LogP contribution in [0.2, 0.25) is 0 Å². The highest BCUT2D eigenvalue weighted by Gasteiger charge is 1.92. The Hall–Kier alpha value is -1.22. The van der Waals surface area contributed by atoms with E-state index in [0.29, 0.717) is 6.54 Å². The summed E-state index contributed by atoms with van der Waals surface area (Å²) in [5.41, 5.74) is 6.20. The largest absolute Gasteiger partial charge is 0.509 e. The third-order valence-corrected chi connectivity index (χ3v) is 1.55. The topological polar surface area (TPSA) is 66.5 Å². The minimum atomic E-state index is -0.131. The van der Waals surface area contributed by atoms with Crippen LogP contribution in [0, 0.1) is 0 Å². The first-order valence-corrected chi connectivity index (χ1v) is 4.22. The van der Waals surface area contributed by atoms with E-state index in [2.05, 4.69) is 6.58 Å². The summed E-state index contributed by atoms with van der Waals surface area (Å²) in [6.45, 7) is 5.82. The predicted molar refractivity (Wildman–Crippen MR) is 54.5 cm³/mol. The van der Waals surface area contributed by atoms with Crippen molar-refractivity contribution in [3.63, 3.8) is 0 Å². The van der Waals surface area contributed by atoms with E-state index in [-0.39, 0.29) is 11.5 Å². The van der Waals surface area contributed by atoms with Crippen LogP contribution in [0.4, 0.5) is 0 Å². The van der Waals surface area contributed by atoms with Gasteiger partial charge in [-0.05, 0) is 32.4 Å². The SMILES string of the molecule is C=C(/C=C\C(O)=C(/C)O)CCCN. The minimum absolute atomic E-state index is 0.0946. The molecule has 0 bridgehead atoms. The Morgan fingerprint density at radius 3 is 2.46 bits per heavy atom. The Morgan fingerprint density at radius 2 is 2.00 bits per heavy atom. The summed E-state index contributed by atoms with van der Waals surface area (Å²) >= 11 is 0. The Balaban J connectivity index is 3.98. The number of allylic oxidation sites excluding steroid dienone is 4. The lowest BCUT2D eigenvalue weighted by atomic mass is 10.1. The smallest absolute Gasteiger partial charge is 0.152 e. The monoisotopic (exact) mass is 183 g/mol. The van der Waals surface area contributed by atoms with Crippen LogP contribution < -0.4 is 5.73 Å². The summed E-state index contributed by atoms with van der Waals surface area (Å²) in [6.07, 6.45) is 4.79. The van der Waals surface area contributed by atoms with Gasteiger partial charge in [0.2, 0.25) is 0 Å². The molecule has 3 nitrogen and oxygen atoms in total. The van der Waals surface area contributed by atoms with Gasteiger partial charge in [-0.25, -0.2) is 0 Å². The predicted octanol–water partition coefficient (Wildman–Crippen LogP) is 2.19. The fourth-order valence-electron chi connectivity index (χ4n) is 0.730. The first-order chi connectivity index (χ1) is 6.07. The minimum Gasteiger partial charge on any atom is -0.509 e. The third kappa shape index (κ3) is 5.99. The zero-order valence-corrected chi connectivity index (χ0v) is 7.95. The van der Waals surface area contributed by atoms with Crippen molar-refractivity contribution >= 4 is 0 Å². The van der Waals surface area contributed by atoms with E-state index in [1.54, 1.807) is 6.08 Å². The normalized spacial score (nSPS) is 13.1. The van der Waals surface area contributed by atoms with Crippen LogP contribution in [0.3, 0.4) is 0 Å². The summed E-state index contributed by atoms with van der Waals surface area (Å²) in [6, 6.07) is 0. The molecule has 0 aliphatic rings. The lowest BCUT2D eigenvalue weighted by Gasteiger charge is -1.97. The molecule has 4 N–H and O–H groups in total. The number of hydrogen-bond acceptors (Lipinski definition) is 3. The molecule has 0 fully saturated rings. The number of aliphatic hydroxyl groups excluding tert-OH is 2. The van der Waals surface area contributed by atoms with Gasteiger partial charge in [0.25, 0.3) is 0 Å². The summed E-state index contributed by atoms with van der Waals surface area (Å²) in [5.74, 6) is -0.225. The van der Waals surface area contributed by atoms with Crippen LogP contribution >= 0.6 is 0 Å². The molecule has 74 valence electrons. The van der Waals surface area contributed by atoms with Gasteiger partial charge in [0.1, 0.15) is 5.76 Å². The summed E-state index contributed by atoms with van der Waals surface area (Å²) < 4.78 is 0. The molecule has 13 heavy (non-hydrogen) atoms. The van der Waals surface area contributed by atoms with Crippen LogP contribution in [0.1, 0.15) is 19.8 Å². The van der Waals surface area contributed by atoms with Crippen molar-refractivity contribution in [2.24, 2.45) is 5.73 Å². The molecule has 0 aliphatic heterocycles. The summed E-state index contributed by atoms with van der Waals surface area (Å²) in [5, 5.41) is 17.9. The highest BCUT2D eigenvalue weighted by atomic mass is 16.3. The Bertz CT molecular complexity index is 225. The molecule has 3 heteroatoms. The van der Waals surface area contributed by atoms with Gasteiger partial charge in [0.15, 0.2) is 5.76 Å². The molecule has 0 saturated carbocycles. The molecule has 0 aliphatic carbocycles. The maximum absolute atomic E-state index is 9.08. The number of hydrogen-bond donors (Lipinski definition) is 3. The van der Waals surface area contributed by atoms with Crippen LogP contribution in [0.5, 0.6) is 0 Å². The maximum atomic E-state index is 9.08. The molecule has 0 saturated heterocycles. The quantitative estimate of drug-likeness (QED) is 0.452. The van der Waals surface area contributed by atoms with E-state index in [1.807, 2.05) is 0 Å². The zero-order valence-electron chi connectivity index (χ0n) is 7.95. The van der Waals surface area contributed by atoms with Gasteiger partial charge >= 0.3 is 0 Å². The van der Waals surface area contributed by atoms with Gasteiger partial charge in [-0.15, -0.1) is 0 Å². The molecule has 0 amide bonds. The average Bonchev–Trinajstić information content (AvgIpc) is 2.10. The average molecular weight is 183 g/mol. The second-order valence-corrected chi connectivity index (χ2v) is 2.85. The second kappa shape index (κ2) is 6.31. The Labute approximate surface area is 78.9 Å². The Kier molecular flexibility index (Phi) is 5.72. The van der Waals surface area contributed by atoms with Crippen LogP contribution in [-0.4, -0.2) is 16.8 Å². The molecular formula is C10H17NO2. The van der Waals surface area contributed by atoms with Gasteiger partial charge in [-0.2, -0.15) is 0 Å². The van der Waals surface area contributed by atoms with E-state index in [0.717, 1.165) is 18.4 Å². The first-order valence-electron chi connectivity index (χ1n) is 4.22. The molecule has 0 radical (unpaired) electrons. The first kappa shape index (κ1) is 11.8. The third-order valence-electron chi connectivity index (χ3n) is 1.55. The highest BCUT2D eigenvalue weighted by Crippen LogP contribution is 2.05. The molecule has 0 spiro atoms. The lowest BCUT2D eigenvalue weighted by Crippen LogP contribution is -1.97. The fraction of sp³-hybridized carbons (Fsp3) is 0.400. The van der Waals surface area contributed by atoms with Crippen molar-refractivity contribution in [1.29, 1.82) is 0 Å². The standard InChI is InChI=1S/C10H17NO2/c1-8(4-3-7-11)5-6-10(13)9(2)12/h5-6,12-13H,1,3-4,7,11H2,2H3/b6-5-,10-9-. The van der Waals surface area contributed by atoms with E-state index >= 15 is 0 Å². The van der Waals surface area contributed by atoms with Crippen LogP contribution in [0.15, 0.2) is 35.8 Å². The Morgan fingerprint density at radius 1 is 1.38 bits per heavy atom. The van der Waals surface area contributed by atoms with Crippen molar-refractivity contribution in [2.75, 3.05) is 6.54 Å². The molecular weight excluding hydrogens is 166 g/mol. The lowest BCUT2D eigenvalue weighted by molar-refractivity contribution is 0.340. The van der Waals surface area contributed by atoms with Crippen molar-refractivity contribution in [2.45, 2.75) is 19.8 Å². The fourth-order valence-corrected chi connectivity index (χ4v) is 0.730. The van der Waals surface area contributed by atoms with Crippen molar-refractivity contribution < 1.29 is 10.2 Å². The van der Waals surface area contributed by atoms with Gasteiger partial charge in [0, 0.05) is 0 Å². The molecule has 0 unspecified atom stereocenters. The van der Waals surface area contributed by atoms with Crippen LogP contribution in [-0.2, 0) is 0 Å². The molecule has 0 aromatic carbocycles. The van der Waals surface area contributed by atoms with E-state index in [4.69, 9.17) is 15.9 Å². The zero-order chi connectivity index (χ0) is 10.3. The molecule has 0 atom stereocenters. The van der Waals surface area contributed by atoms with Crippen molar-refractivity contribution in [1.82, 2.24) is 0 Å². The van der Waals surface area contributed by atoms with Crippen LogP contribution in [0.25, 0.3) is 0 Å². The summed E-state index contributed by atoms with van der Waals surface area (Å²) in [7, 11) is 0. The van der Waals surface area contributed by atoms with Crippen molar-refractivity contribution in [3.8, 4) is 0 Å². The molecule has 0 rings (SSSR count). The molecule has 0 aromatic heterocycles. The number of rotatable bonds is 5. The second-order valence-electron chi connectivity index (χ2n) is 2.85. The van der Waals surface area contributed by atoms with Gasteiger partial charge in [0.05, 0.1) is 0 Å². The molecule has 0 heterocycles. The summed E-state index contributed by atoms with van der Waals surface area (Å²) in [4.78, 5) is 0. The van der Waals surface area contributed by atoms with E-state index in [9.17, 15) is 0 Å². The van der Waals surface area contributed by atoms with Gasteiger partial charge in [-0.3, -0.25) is 0 Å². The van der Waals surface area contributed by atoms with Gasteiger partial charge in [-0.1, -0.05) is 18.2 Å². The maximum Gasteiger partial charge on any atom is 0.152 e. The van der Waals surface area contributed by atoms with Gasteiger partial charge < -0.3 is 15.9 Å².